The van der Waals surface area contributed by atoms with E-state index in [0.717, 1.165) is 24.2 Å². The normalized spacial score (nSPS) is 30.8. The summed E-state index contributed by atoms with van der Waals surface area (Å²) in [5.41, 5.74) is 7.47. The Bertz CT molecular complexity index is 674. The van der Waals surface area contributed by atoms with Crippen molar-refractivity contribution in [1.29, 1.82) is 0 Å². The molecule has 0 radical (unpaired) electrons. The van der Waals surface area contributed by atoms with E-state index in [1.54, 1.807) is 0 Å². The lowest BCUT2D eigenvalue weighted by Crippen LogP contribution is -2.34. The van der Waals surface area contributed by atoms with Gasteiger partial charge >= 0.3 is 0 Å². The van der Waals surface area contributed by atoms with Crippen LogP contribution in [0.4, 0.5) is 0 Å². The number of nitrogens with one attached hydrogen (secondary N) is 1. The number of allylic oxidation sites excluding steroid dienone is 9. The monoisotopic (exact) mass is 366 g/mol. The van der Waals surface area contributed by atoms with E-state index >= 15 is 0 Å². The van der Waals surface area contributed by atoms with Gasteiger partial charge in [0.25, 0.3) is 0 Å². The van der Waals surface area contributed by atoms with Crippen molar-refractivity contribution < 1.29 is 0 Å². The van der Waals surface area contributed by atoms with Crippen molar-refractivity contribution in [3.63, 3.8) is 0 Å². The molecule has 3 rings (SSSR count). The molecule has 1 fully saturated rings. The van der Waals surface area contributed by atoms with Crippen LogP contribution in [0.2, 0.25) is 0 Å². The van der Waals surface area contributed by atoms with Gasteiger partial charge in [0.2, 0.25) is 0 Å². The second kappa shape index (κ2) is 9.94. The van der Waals surface area contributed by atoms with Crippen LogP contribution in [0, 0.1) is 23.7 Å². The predicted octanol–water partition coefficient (Wildman–Crippen LogP) is 6.55. The van der Waals surface area contributed by atoms with E-state index in [-0.39, 0.29) is 0 Å². The minimum Gasteiger partial charge on any atom is -0.284 e. The van der Waals surface area contributed by atoms with Crippen molar-refractivity contribution in [2.75, 3.05) is 0 Å². The topological polar surface area (TPSA) is 15.3 Å². The van der Waals surface area contributed by atoms with Crippen LogP contribution in [0.3, 0.4) is 0 Å². The minimum atomic E-state index is 0.384. The highest BCUT2D eigenvalue weighted by Crippen LogP contribution is 2.50. The van der Waals surface area contributed by atoms with Gasteiger partial charge in [-0.15, -0.1) is 0 Å². The average molecular weight is 367 g/mol. The lowest BCUT2D eigenvalue weighted by atomic mass is 9.94. The van der Waals surface area contributed by atoms with Crippen molar-refractivity contribution in [2.24, 2.45) is 23.7 Å². The van der Waals surface area contributed by atoms with E-state index in [0.29, 0.717) is 12.0 Å². The lowest BCUT2D eigenvalue weighted by molar-refractivity contribution is 0.345. The summed E-state index contributed by atoms with van der Waals surface area (Å²) in [6.07, 6.45) is 21.5. The Morgan fingerprint density at radius 2 is 1.96 bits per heavy atom. The van der Waals surface area contributed by atoms with Crippen molar-refractivity contribution in [3.8, 4) is 0 Å². The molecular weight excluding hydrogens is 328 g/mol. The summed E-state index contributed by atoms with van der Waals surface area (Å²) in [5.74, 6) is 2.92. The zero-order valence-corrected chi connectivity index (χ0v) is 18.2. The fraction of sp³-hybridized carbons (Fsp3) is 0.520. The molecule has 3 aliphatic rings. The Morgan fingerprint density at radius 3 is 2.52 bits per heavy atom. The van der Waals surface area contributed by atoms with Crippen molar-refractivity contribution >= 4 is 0 Å². The molecule has 0 saturated heterocycles. The maximum atomic E-state index is 3.49. The third-order valence-corrected chi connectivity index (χ3v) is 5.82. The van der Waals surface area contributed by atoms with Crippen LogP contribution in [0.1, 0.15) is 54.9 Å². The molecule has 2 nitrogen and oxygen atoms in total. The zero-order valence-electron chi connectivity index (χ0n) is 18.2. The second-order valence-electron chi connectivity index (χ2n) is 7.63. The van der Waals surface area contributed by atoms with Gasteiger partial charge < -0.3 is 0 Å². The van der Waals surface area contributed by atoms with Crippen LogP contribution in [-0.4, -0.2) is 11.1 Å². The largest absolute Gasteiger partial charge is 0.284 e. The maximum Gasteiger partial charge on any atom is 0.0562 e. The summed E-state index contributed by atoms with van der Waals surface area (Å²) in [7, 11) is 0. The Kier molecular flexibility index (Phi) is 7.91. The Labute approximate surface area is 167 Å². The first-order chi connectivity index (χ1) is 13.0. The predicted molar refractivity (Wildman–Crippen MR) is 119 cm³/mol. The fourth-order valence-corrected chi connectivity index (χ4v) is 3.80. The van der Waals surface area contributed by atoms with E-state index in [9.17, 15) is 0 Å². The first kappa shape index (κ1) is 21.5. The highest BCUT2D eigenvalue weighted by molar-refractivity contribution is 5.42. The molecule has 2 heteroatoms. The van der Waals surface area contributed by atoms with Gasteiger partial charge in [-0.25, -0.2) is 5.43 Å². The number of fused-ring (bicyclic) bond motifs is 1. The number of hydrogen-bond acceptors (Lipinski definition) is 2. The van der Waals surface area contributed by atoms with E-state index in [2.05, 4.69) is 99.9 Å². The number of rotatable bonds is 6. The van der Waals surface area contributed by atoms with Gasteiger partial charge in [0, 0.05) is 12.2 Å². The van der Waals surface area contributed by atoms with Gasteiger partial charge in [0.05, 0.1) is 5.70 Å². The van der Waals surface area contributed by atoms with Gasteiger partial charge in [0.15, 0.2) is 0 Å². The maximum absolute atomic E-state index is 3.49. The molecule has 0 amide bonds. The van der Waals surface area contributed by atoms with Gasteiger partial charge in [-0.3, -0.25) is 5.01 Å². The molecule has 148 valence electrons. The Morgan fingerprint density at radius 1 is 1.22 bits per heavy atom. The molecule has 5 atom stereocenters. The Hall–Kier alpha value is -1.80. The number of nitrogens with zero attached hydrogens (tertiary/aromatic N) is 1. The third kappa shape index (κ3) is 5.13. The highest BCUT2D eigenvalue weighted by atomic mass is 15.5. The summed E-state index contributed by atoms with van der Waals surface area (Å²) in [6.45, 7) is 15.2. The van der Waals surface area contributed by atoms with E-state index < -0.39 is 0 Å². The highest BCUT2D eigenvalue weighted by Gasteiger charge is 2.44. The molecular formula is C25H38N2. The average Bonchev–Trinajstić information content (AvgIpc) is 3.12. The number of hydrogen-bond donors (Lipinski definition) is 1. The third-order valence-electron chi connectivity index (χ3n) is 5.82. The molecule has 27 heavy (non-hydrogen) atoms. The summed E-state index contributed by atoms with van der Waals surface area (Å²) in [4.78, 5) is 0. The molecule has 2 aliphatic carbocycles. The van der Waals surface area contributed by atoms with Gasteiger partial charge in [-0.05, 0) is 61.2 Å². The van der Waals surface area contributed by atoms with E-state index in [1.165, 1.54) is 16.8 Å². The summed E-state index contributed by atoms with van der Waals surface area (Å²) in [6, 6.07) is 0.384. The van der Waals surface area contributed by atoms with E-state index in [4.69, 9.17) is 0 Å². The second-order valence-corrected chi connectivity index (χ2v) is 7.63. The SMILES string of the molecule is CC.C\C=C(/C(=C\C=C\C1=CC2C(C)C2C=C1)C(C)CC)N1C=CC(C)N1. The molecule has 1 aliphatic heterocycles. The quantitative estimate of drug-likeness (QED) is 0.536. The van der Waals surface area contributed by atoms with Gasteiger partial charge in [-0.1, -0.05) is 77.2 Å². The fourth-order valence-electron chi connectivity index (χ4n) is 3.80. The van der Waals surface area contributed by atoms with Crippen molar-refractivity contribution in [1.82, 2.24) is 10.4 Å². The summed E-state index contributed by atoms with van der Waals surface area (Å²) in [5, 5.41) is 2.16. The van der Waals surface area contributed by atoms with Crippen LogP contribution >= 0.6 is 0 Å². The van der Waals surface area contributed by atoms with E-state index in [1.807, 2.05) is 13.8 Å². The molecule has 0 aromatic rings. The molecule has 0 aromatic heterocycles. The first-order valence-electron chi connectivity index (χ1n) is 10.7. The summed E-state index contributed by atoms with van der Waals surface area (Å²) < 4.78 is 0. The molecule has 0 aromatic carbocycles. The smallest absolute Gasteiger partial charge is 0.0562 e. The van der Waals surface area contributed by atoms with Crippen LogP contribution < -0.4 is 5.43 Å². The van der Waals surface area contributed by atoms with Crippen molar-refractivity contribution in [3.05, 3.63) is 71.7 Å². The van der Waals surface area contributed by atoms with Crippen LogP contribution in [-0.2, 0) is 0 Å². The Balaban J connectivity index is 0.00000126. The van der Waals surface area contributed by atoms with Gasteiger partial charge in [0.1, 0.15) is 0 Å². The lowest BCUT2D eigenvalue weighted by Gasteiger charge is -2.26. The molecule has 0 bridgehead atoms. The summed E-state index contributed by atoms with van der Waals surface area (Å²) >= 11 is 0. The molecule has 1 N–H and O–H groups in total. The molecule has 5 unspecified atom stereocenters. The number of hydrazine groups is 1. The van der Waals surface area contributed by atoms with Crippen LogP contribution in [0.15, 0.2) is 71.7 Å². The first-order valence-corrected chi connectivity index (χ1v) is 10.7. The standard InChI is InChI=1S/C23H32N2.C2H6/c1-6-16(3)20(23(7-2)25-14-13-17(4)24-25)10-8-9-19-11-12-21-18(5)22(21)15-19;1-2/h7-18,21-22,24H,6H2,1-5H3;1-2H3/b9-8+,20-10-,23-7+;. The van der Waals surface area contributed by atoms with Gasteiger partial charge in [-0.2, -0.15) is 0 Å². The minimum absolute atomic E-state index is 0.384. The molecule has 1 saturated carbocycles. The zero-order chi connectivity index (χ0) is 20.0. The molecule has 1 heterocycles. The van der Waals surface area contributed by atoms with Crippen LogP contribution in [0.25, 0.3) is 0 Å². The van der Waals surface area contributed by atoms with Crippen LogP contribution in [0.5, 0.6) is 0 Å². The molecule has 0 spiro atoms. The van der Waals surface area contributed by atoms with Crippen molar-refractivity contribution in [2.45, 2.75) is 60.9 Å².